The fourth-order valence-corrected chi connectivity index (χ4v) is 3.92. The van der Waals surface area contributed by atoms with Crippen molar-refractivity contribution < 1.29 is 0 Å². The fraction of sp³-hybridized carbons (Fsp3) is 0.250. The van der Waals surface area contributed by atoms with E-state index in [1.165, 1.54) is 21.6 Å². The molecule has 2 rings (SSSR count). The summed E-state index contributed by atoms with van der Waals surface area (Å²) in [6.07, 6.45) is 0. The average molecular weight is 336 g/mol. The lowest BCUT2D eigenvalue weighted by Gasteiger charge is -2.18. The number of hydrogen-bond acceptors (Lipinski definition) is 2. The molecule has 2 aromatic carbocycles. The highest BCUT2D eigenvalue weighted by Gasteiger charge is 2.15. The molecule has 2 N–H and O–H groups in total. The van der Waals surface area contributed by atoms with E-state index < -0.39 is 0 Å². The van der Waals surface area contributed by atoms with Gasteiger partial charge >= 0.3 is 0 Å². The molecule has 3 heteroatoms. The highest BCUT2D eigenvalue weighted by atomic mass is 79.9. The average Bonchev–Trinajstić information content (AvgIpc) is 2.41. The van der Waals surface area contributed by atoms with Crippen LogP contribution in [0.4, 0.5) is 0 Å². The molecule has 1 atom stereocenters. The Morgan fingerprint density at radius 2 is 1.89 bits per heavy atom. The minimum absolute atomic E-state index is 0.274. The Kier molecular flexibility index (Phi) is 5.08. The highest BCUT2D eigenvalue weighted by molar-refractivity contribution is 9.10. The fourth-order valence-electron chi connectivity index (χ4n) is 1.96. The summed E-state index contributed by atoms with van der Waals surface area (Å²) in [6, 6.07) is 14.9. The second kappa shape index (κ2) is 6.60. The van der Waals surface area contributed by atoms with Crippen LogP contribution in [0, 0.1) is 13.8 Å². The van der Waals surface area contributed by atoms with Crippen molar-refractivity contribution >= 4 is 27.7 Å². The maximum atomic E-state index is 5.97. The summed E-state index contributed by atoms with van der Waals surface area (Å²) >= 11 is 5.46. The van der Waals surface area contributed by atoms with Gasteiger partial charge in [-0.05, 0) is 37.1 Å². The third kappa shape index (κ3) is 3.62. The van der Waals surface area contributed by atoms with Crippen LogP contribution < -0.4 is 5.73 Å². The van der Waals surface area contributed by atoms with Gasteiger partial charge in [0.05, 0.1) is 0 Å². The van der Waals surface area contributed by atoms with Gasteiger partial charge in [-0.2, -0.15) is 0 Å². The standard InChI is InChI=1S/C16H18BrNS/c1-11-7-8-12(2)15(9-11)19-16(10-18)13-5-3-4-6-14(13)17/h3-9,16H,10,18H2,1-2H3. The van der Waals surface area contributed by atoms with Crippen LogP contribution >= 0.6 is 27.7 Å². The number of aryl methyl sites for hydroxylation is 2. The summed E-state index contributed by atoms with van der Waals surface area (Å²) < 4.78 is 1.13. The topological polar surface area (TPSA) is 26.0 Å². The molecule has 19 heavy (non-hydrogen) atoms. The largest absolute Gasteiger partial charge is 0.329 e. The number of hydrogen-bond donors (Lipinski definition) is 1. The normalized spacial score (nSPS) is 12.4. The first-order valence-corrected chi connectivity index (χ1v) is 7.97. The van der Waals surface area contributed by atoms with Gasteiger partial charge in [0.15, 0.2) is 0 Å². The predicted octanol–water partition coefficient (Wildman–Crippen LogP) is 4.86. The summed E-state index contributed by atoms with van der Waals surface area (Å²) in [5.74, 6) is 0. The number of halogens is 1. The summed E-state index contributed by atoms with van der Waals surface area (Å²) in [5.41, 5.74) is 9.82. The molecule has 0 bridgehead atoms. The smallest absolute Gasteiger partial charge is 0.0478 e. The molecule has 0 fully saturated rings. The van der Waals surface area contributed by atoms with Crippen molar-refractivity contribution in [3.63, 3.8) is 0 Å². The Bertz CT molecular complexity index is 568. The molecule has 1 nitrogen and oxygen atoms in total. The van der Waals surface area contributed by atoms with E-state index in [0.29, 0.717) is 6.54 Å². The molecule has 0 radical (unpaired) electrons. The van der Waals surface area contributed by atoms with Crippen molar-refractivity contribution in [2.75, 3.05) is 6.54 Å². The molecule has 0 heterocycles. The second-order valence-electron chi connectivity index (χ2n) is 4.63. The number of thioether (sulfide) groups is 1. The zero-order valence-electron chi connectivity index (χ0n) is 11.2. The second-order valence-corrected chi connectivity index (χ2v) is 6.73. The van der Waals surface area contributed by atoms with E-state index in [4.69, 9.17) is 5.73 Å². The maximum Gasteiger partial charge on any atom is 0.0478 e. The van der Waals surface area contributed by atoms with E-state index >= 15 is 0 Å². The van der Waals surface area contributed by atoms with Gasteiger partial charge < -0.3 is 5.73 Å². The Morgan fingerprint density at radius 3 is 2.58 bits per heavy atom. The summed E-state index contributed by atoms with van der Waals surface area (Å²) in [5, 5.41) is 0.274. The molecular formula is C16H18BrNS. The summed E-state index contributed by atoms with van der Waals surface area (Å²) in [6.45, 7) is 4.90. The summed E-state index contributed by atoms with van der Waals surface area (Å²) in [4.78, 5) is 1.31. The Morgan fingerprint density at radius 1 is 1.16 bits per heavy atom. The molecular weight excluding hydrogens is 318 g/mol. The molecule has 1 unspecified atom stereocenters. The molecule has 2 aromatic rings. The van der Waals surface area contributed by atoms with Crippen molar-refractivity contribution in [2.45, 2.75) is 24.0 Å². The van der Waals surface area contributed by atoms with Gasteiger partial charge in [-0.15, -0.1) is 11.8 Å². The minimum atomic E-state index is 0.274. The van der Waals surface area contributed by atoms with E-state index in [1.54, 1.807) is 0 Å². The van der Waals surface area contributed by atoms with E-state index in [1.807, 2.05) is 17.8 Å². The van der Waals surface area contributed by atoms with E-state index in [2.05, 4.69) is 66.2 Å². The molecule has 100 valence electrons. The van der Waals surface area contributed by atoms with Crippen LogP contribution in [0.25, 0.3) is 0 Å². The molecule has 0 amide bonds. The van der Waals surface area contributed by atoms with Crippen LogP contribution in [0.1, 0.15) is 21.9 Å². The van der Waals surface area contributed by atoms with Gasteiger partial charge in [-0.1, -0.05) is 51.8 Å². The van der Waals surface area contributed by atoms with E-state index in [9.17, 15) is 0 Å². The zero-order chi connectivity index (χ0) is 13.8. The van der Waals surface area contributed by atoms with Crippen LogP contribution in [0.5, 0.6) is 0 Å². The first kappa shape index (κ1) is 14.6. The van der Waals surface area contributed by atoms with Gasteiger partial charge in [0.2, 0.25) is 0 Å². The third-order valence-corrected chi connectivity index (χ3v) is 5.23. The third-order valence-electron chi connectivity index (χ3n) is 3.08. The first-order chi connectivity index (χ1) is 9.11. The molecule has 0 aliphatic heterocycles. The lowest BCUT2D eigenvalue weighted by molar-refractivity contribution is 0.934. The quantitative estimate of drug-likeness (QED) is 0.807. The van der Waals surface area contributed by atoms with Crippen molar-refractivity contribution in [2.24, 2.45) is 5.73 Å². The predicted molar refractivity (Wildman–Crippen MR) is 87.7 cm³/mol. The molecule has 0 aromatic heterocycles. The van der Waals surface area contributed by atoms with Crippen LogP contribution in [0.3, 0.4) is 0 Å². The lowest BCUT2D eigenvalue weighted by atomic mass is 10.1. The Labute approximate surface area is 127 Å². The molecule has 0 saturated carbocycles. The van der Waals surface area contributed by atoms with Crippen molar-refractivity contribution in [1.29, 1.82) is 0 Å². The number of nitrogens with two attached hydrogens (primary N) is 1. The van der Waals surface area contributed by atoms with Gasteiger partial charge in [-0.3, -0.25) is 0 Å². The molecule has 0 aliphatic carbocycles. The monoisotopic (exact) mass is 335 g/mol. The molecule has 0 saturated heterocycles. The van der Waals surface area contributed by atoms with Gasteiger partial charge in [0.25, 0.3) is 0 Å². The maximum absolute atomic E-state index is 5.97. The van der Waals surface area contributed by atoms with Crippen LogP contribution in [-0.2, 0) is 0 Å². The van der Waals surface area contributed by atoms with Crippen LogP contribution in [0.15, 0.2) is 51.8 Å². The van der Waals surface area contributed by atoms with Crippen molar-refractivity contribution in [3.8, 4) is 0 Å². The molecule has 0 spiro atoms. The Balaban J connectivity index is 2.29. The summed E-state index contributed by atoms with van der Waals surface area (Å²) in [7, 11) is 0. The van der Waals surface area contributed by atoms with Crippen molar-refractivity contribution in [1.82, 2.24) is 0 Å². The van der Waals surface area contributed by atoms with Crippen LogP contribution in [-0.4, -0.2) is 6.54 Å². The lowest BCUT2D eigenvalue weighted by Crippen LogP contribution is -2.10. The zero-order valence-corrected chi connectivity index (χ0v) is 13.6. The van der Waals surface area contributed by atoms with Crippen molar-refractivity contribution in [3.05, 3.63) is 63.6 Å². The Hall–Kier alpha value is -0.770. The van der Waals surface area contributed by atoms with E-state index in [-0.39, 0.29) is 5.25 Å². The minimum Gasteiger partial charge on any atom is -0.329 e. The van der Waals surface area contributed by atoms with Gasteiger partial charge in [-0.25, -0.2) is 0 Å². The SMILES string of the molecule is Cc1ccc(C)c(SC(CN)c2ccccc2Br)c1. The number of benzene rings is 2. The highest BCUT2D eigenvalue weighted by Crippen LogP contribution is 2.39. The van der Waals surface area contributed by atoms with Gasteiger partial charge in [0.1, 0.15) is 0 Å². The van der Waals surface area contributed by atoms with Gasteiger partial charge in [0, 0.05) is 21.2 Å². The van der Waals surface area contributed by atoms with E-state index in [0.717, 1.165) is 4.47 Å². The first-order valence-electron chi connectivity index (χ1n) is 6.30. The van der Waals surface area contributed by atoms with Crippen LogP contribution in [0.2, 0.25) is 0 Å². The number of rotatable bonds is 4. The molecule has 0 aliphatic rings.